The Hall–Kier alpha value is -2.57. The Kier molecular flexibility index (Phi) is 4.65. The molecule has 0 bridgehead atoms. The Balaban J connectivity index is 2.10. The van der Waals surface area contributed by atoms with Crippen LogP contribution in [0.25, 0.3) is 0 Å². The molecule has 0 atom stereocenters. The zero-order valence-electron chi connectivity index (χ0n) is 11.4. The van der Waals surface area contributed by atoms with Crippen LogP contribution >= 0.6 is 0 Å². The summed E-state index contributed by atoms with van der Waals surface area (Å²) in [5.41, 5.74) is -0.170. The summed E-state index contributed by atoms with van der Waals surface area (Å²) < 4.78 is 57.5. The van der Waals surface area contributed by atoms with E-state index in [2.05, 4.69) is 5.32 Å². The first kappa shape index (κ1) is 15.8. The van der Waals surface area contributed by atoms with Gasteiger partial charge in [-0.25, -0.2) is 17.6 Å². The fraction of sp³-hybridized carbons (Fsp3) is 0.133. The Morgan fingerprint density at radius 1 is 1.05 bits per heavy atom. The van der Waals surface area contributed by atoms with Crippen LogP contribution in [-0.4, -0.2) is 13.0 Å². The fourth-order valence-electron chi connectivity index (χ4n) is 1.82. The number of hydrogen-bond donors (Lipinski definition) is 1. The van der Waals surface area contributed by atoms with Crippen LogP contribution < -0.4 is 10.1 Å². The van der Waals surface area contributed by atoms with E-state index in [0.717, 1.165) is 12.1 Å². The Morgan fingerprint density at radius 2 is 1.77 bits per heavy atom. The van der Waals surface area contributed by atoms with E-state index in [4.69, 9.17) is 4.74 Å². The minimum atomic E-state index is -1.67. The van der Waals surface area contributed by atoms with Crippen molar-refractivity contribution in [3.63, 3.8) is 0 Å². The molecule has 0 saturated carbocycles. The summed E-state index contributed by atoms with van der Waals surface area (Å²) >= 11 is 0. The second kappa shape index (κ2) is 6.46. The van der Waals surface area contributed by atoms with Gasteiger partial charge >= 0.3 is 0 Å². The second-order valence-electron chi connectivity index (χ2n) is 4.42. The van der Waals surface area contributed by atoms with Crippen molar-refractivity contribution in [1.29, 1.82) is 0 Å². The zero-order valence-corrected chi connectivity index (χ0v) is 11.4. The maximum Gasteiger partial charge on any atom is 0.228 e. The van der Waals surface area contributed by atoms with Gasteiger partial charge in [0.15, 0.2) is 29.0 Å². The molecule has 1 N–H and O–H groups in total. The number of carbonyl (C=O) groups excluding carboxylic acids is 1. The first-order valence-corrected chi connectivity index (χ1v) is 6.18. The maximum atomic E-state index is 13.5. The van der Waals surface area contributed by atoms with Gasteiger partial charge in [-0.3, -0.25) is 4.79 Å². The van der Waals surface area contributed by atoms with Crippen molar-refractivity contribution < 1.29 is 27.1 Å². The van der Waals surface area contributed by atoms with Gasteiger partial charge in [-0.2, -0.15) is 0 Å². The van der Waals surface area contributed by atoms with Gasteiger partial charge in [0.25, 0.3) is 0 Å². The highest BCUT2D eigenvalue weighted by atomic mass is 19.2. The first-order chi connectivity index (χ1) is 10.4. The molecule has 0 heterocycles. The number of nitrogens with one attached hydrogen (secondary N) is 1. The normalized spacial score (nSPS) is 10.4. The van der Waals surface area contributed by atoms with Crippen molar-refractivity contribution >= 4 is 11.6 Å². The van der Waals surface area contributed by atoms with Crippen LogP contribution in [0.5, 0.6) is 5.75 Å². The Bertz CT molecular complexity index is 719. The molecule has 22 heavy (non-hydrogen) atoms. The van der Waals surface area contributed by atoms with Gasteiger partial charge in [0.05, 0.1) is 19.2 Å². The standard InChI is InChI=1S/C15H11F4NO2/c1-22-12-5-2-8(6-10(12)17)7-13(21)20-11-4-3-9(16)14(18)15(11)19/h2-6H,7H2,1H3,(H,20,21). The van der Waals surface area contributed by atoms with Crippen LogP contribution in [0.1, 0.15) is 5.56 Å². The van der Waals surface area contributed by atoms with E-state index < -0.39 is 34.9 Å². The Labute approximate surface area is 123 Å². The van der Waals surface area contributed by atoms with Gasteiger partial charge in [0.1, 0.15) is 0 Å². The number of benzene rings is 2. The lowest BCUT2D eigenvalue weighted by Gasteiger charge is -2.08. The van der Waals surface area contributed by atoms with Gasteiger partial charge in [-0.05, 0) is 29.8 Å². The molecule has 1 amide bonds. The molecule has 0 saturated heterocycles. The summed E-state index contributed by atoms with van der Waals surface area (Å²) in [6.45, 7) is 0. The van der Waals surface area contributed by atoms with Crippen molar-refractivity contribution in [2.75, 3.05) is 12.4 Å². The zero-order chi connectivity index (χ0) is 16.3. The van der Waals surface area contributed by atoms with Crippen LogP contribution in [0.4, 0.5) is 23.2 Å². The molecule has 3 nitrogen and oxygen atoms in total. The summed E-state index contributed by atoms with van der Waals surface area (Å²) in [6, 6.07) is 5.50. The first-order valence-electron chi connectivity index (χ1n) is 6.18. The van der Waals surface area contributed by atoms with Crippen molar-refractivity contribution in [3.8, 4) is 5.75 Å². The smallest absolute Gasteiger partial charge is 0.228 e. The Morgan fingerprint density at radius 3 is 2.41 bits per heavy atom. The lowest BCUT2D eigenvalue weighted by Crippen LogP contribution is -2.16. The van der Waals surface area contributed by atoms with Crippen LogP contribution in [-0.2, 0) is 11.2 Å². The molecular weight excluding hydrogens is 302 g/mol. The molecular formula is C15H11F4NO2. The van der Waals surface area contributed by atoms with Crippen LogP contribution in [0.2, 0.25) is 0 Å². The number of amides is 1. The second-order valence-corrected chi connectivity index (χ2v) is 4.42. The number of rotatable bonds is 4. The van der Waals surface area contributed by atoms with E-state index >= 15 is 0 Å². The average molecular weight is 313 g/mol. The minimum Gasteiger partial charge on any atom is -0.494 e. The third kappa shape index (κ3) is 3.36. The van der Waals surface area contributed by atoms with Crippen molar-refractivity contribution in [1.82, 2.24) is 0 Å². The van der Waals surface area contributed by atoms with E-state index in [1.807, 2.05) is 0 Å². The van der Waals surface area contributed by atoms with E-state index in [1.54, 1.807) is 0 Å². The predicted octanol–water partition coefficient (Wildman–Crippen LogP) is 3.43. The molecule has 0 spiro atoms. The lowest BCUT2D eigenvalue weighted by molar-refractivity contribution is -0.115. The molecule has 0 unspecified atom stereocenters. The number of carbonyl (C=O) groups is 1. The largest absolute Gasteiger partial charge is 0.494 e. The summed E-state index contributed by atoms with van der Waals surface area (Å²) in [5.74, 6) is -5.84. The number of ether oxygens (including phenoxy) is 1. The summed E-state index contributed by atoms with van der Waals surface area (Å²) in [4.78, 5) is 11.7. The van der Waals surface area contributed by atoms with Gasteiger partial charge in [-0.1, -0.05) is 6.07 Å². The highest BCUT2D eigenvalue weighted by Gasteiger charge is 2.15. The van der Waals surface area contributed by atoms with Crippen LogP contribution in [0, 0.1) is 23.3 Å². The van der Waals surface area contributed by atoms with Gasteiger partial charge in [-0.15, -0.1) is 0 Å². The molecule has 0 radical (unpaired) electrons. The fourth-order valence-corrected chi connectivity index (χ4v) is 1.82. The molecule has 0 aliphatic carbocycles. The van der Waals surface area contributed by atoms with Crippen LogP contribution in [0.3, 0.4) is 0 Å². The van der Waals surface area contributed by atoms with Gasteiger partial charge in [0.2, 0.25) is 5.91 Å². The molecule has 2 rings (SSSR count). The third-order valence-corrected chi connectivity index (χ3v) is 2.89. The van der Waals surface area contributed by atoms with Crippen molar-refractivity contribution in [2.24, 2.45) is 0 Å². The van der Waals surface area contributed by atoms with E-state index in [0.29, 0.717) is 11.6 Å². The molecule has 7 heteroatoms. The van der Waals surface area contributed by atoms with Gasteiger partial charge in [0, 0.05) is 0 Å². The summed E-state index contributed by atoms with van der Waals surface area (Å²) in [6.07, 6.45) is -0.265. The molecule has 0 fully saturated rings. The van der Waals surface area contributed by atoms with E-state index in [-0.39, 0.29) is 12.2 Å². The number of halogens is 4. The van der Waals surface area contributed by atoms with Crippen LogP contribution in [0.15, 0.2) is 30.3 Å². The average Bonchev–Trinajstić information content (AvgIpc) is 2.48. The molecule has 2 aromatic carbocycles. The maximum absolute atomic E-state index is 13.5. The SMILES string of the molecule is COc1ccc(CC(=O)Nc2ccc(F)c(F)c2F)cc1F. The summed E-state index contributed by atoms with van der Waals surface area (Å²) in [7, 11) is 1.30. The number of hydrogen-bond acceptors (Lipinski definition) is 2. The topological polar surface area (TPSA) is 38.3 Å². The van der Waals surface area contributed by atoms with E-state index in [1.165, 1.54) is 19.2 Å². The molecule has 0 aliphatic rings. The predicted molar refractivity (Wildman–Crippen MR) is 71.6 cm³/mol. The molecule has 0 aromatic heterocycles. The highest BCUT2D eigenvalue weighted by molar-refractivity contribution is 5.92. The third-order valence-electron chi connectivity index (χ3n) is 2.89. The molecule has 2 aromatic rings. The van der Waals surface area contributed by atoms with E-state index in [9.17, 15) is 22.4 Å². The monoisotopic (exact) mass is 313 g/mol. The minimum absolute atomic E-state index is 0.0239. The van der Waals surface area contributed by atoms with Gasteiger partial charge < -0.3 is 10.1 Å². The highest BCUT2D eigenvalue weighted by Crippen LogP contribution is 2.21. The van der Waals surface area contributed by atoms with Crippen molar-refractivity contribution in [3.05, 3.63) is 59.2 Å². The molecule has 116 valence electrons. The quantitative estimate of drug-likeness (QED) is 0.694. The van der Waals surface area contributed by atoms with Crippen molar-refractivity contribution in [2.45, 2.75) is 6.42 Å². The molecule has 0 aliphatic heterocycles. The lowest BCUT2D eigenvalue weighted by atomic mass is 10.1. The number of anilines is 1. The number of methoxy groups -OCH3 is 1. The summed E-state index contributed by atoms with van der Waals surface area (Å²) in [5, 5.41) is 2.10.